The zero-order valence-electron chi connectivity index (χ0n) is 11.6. The summed E-state index contributed by atoms with van der Waals surface area (Å²) in [7, 11) is 0. The van der Waals surface area contributed by atoms with Crippen LogP contribution in [0.2, 0.25) is 5.02 Å². The summed E-state index contributed by atoms with van der Waals surface area (Å²) in [5.41, 5.74) is 2.85. The van der Waals surface area contributed by atoms with Crippen molar-refractivity contribution in [2.45, 2.75) is 5.92 Å². The van der Waals surface area contributed by atoms with Crippen molar-refractivity contribution in [1.82, 2.24) is 4.98 Å². The van der Waals surface area contributed by atoms with Crippen LogP contribution in [-0.4, -0.2) is 4.98 Å². The number of halogens is 1. The summed E-state index contributed by atoms with van der Waals surface area (Å²) in [4.78, 5) is 3.21. The smallest absolute Gasteiger partial charge is 0.144 e. The number of benzene rings is 2. The molecule has 1 heterocycles. The maximum atomic E-state index is 9.37. The molecule has 1 aromatic heterocycles. The van der Waals surface area contributed by atoms with E-state index in [1.165, 1.54) is 0 Å². The summed E-state index contributed by atoms with van der Waals surface area (Å²) in [5.74, 6) is -1.08. The summed E-state index contributed by atoms with van der Waals surface area (Å²) in [6, 6.07) is 19.4. The number of para-hydroxylation sites is 1. The van der Waals surface area contributed by atoms with Gasteiger partial charge in [-0.25, -0.2) is 0 Å². The minimum absolute atomic E-state index is 0.316. The molecule has 1 N–H and O–H groups in total. The Morgan fingerprint density at radius 3 is 2.32 bits per heavy atom. The standard InChI is InChI=1S/C18H12ClN3/c19-14-7-5-12(6-8-14)18(13(9-20)10-21)16-11-22-17-4-2-1-3-15(16)17/h1-8,11,13,18,22H. The van der Waals surface area contributed by atoms with E-state index in [0.29, 0.717) is 5.02 Å². The van der Waals surface area contributed by atoms with E-state index in [0.717, 1.165) is 22.0 Å². The lowest BCUT2D eigenvalue weighted by molar-refractivity contribution is 0.714. The molecule has 4 heteroatoms. The molecular weight excluding hydrogens is 294 g/mol. The van der Waals surface area contributed by atoms with E-state index in [2.05, 4.69) is 17.1 Å². The summed E-state index contributed by atoms with van der Waals surface area (Å²) in [6.07, 6.45) is 1.88. The maximum absolute atomic E-state index is 9.37. The minimum Gasteiger partial charge on any atom is -0.361 e. The number of hydrogen-bond donors (Lipinski definition) is 1. The van der Waals surface area contributed by atoms with Crippen LogP contribution < -0.4 is 0 Å². The highest BCUT2D eigenvalue weighted by Crippen LogP contribution is 2.36. The predicted molar refractivity (Wildman–Crippen MR) is 86.3 cm³/mol. The van der Waals surface area contributed by atoms with Gasteiger partial charge in [0.15, 0.2) is 0 Å². The Kier molecular flexibility index (Phi) is 3.83. The minimum atomic E-state index is -0.764. The molecule has 1 unspecified atom stereocenters. The fourth-order valence-electron chi connectivity index (χ4n) is 2.75. The average Bonchev–Trinajstić information content (AvgIpc) is 2.97. The van der Waals surface area contributed by atoms with Gasteiger partial charge < -0.3 is 4.98 Å². The molecule has 0 aliphatic heterocycles. The zero-order chi connectivity index (χ0) is 15.5. The molecular formula is C18H12ClN3. The van der Waals surface area contributed by atoms with E-state index in [4.69, 9.17) is 11.6 Å². The average molecular weight is 306 g/mol. The van der Waals surface area contributed by atoms with Crippen LogP contribution in [0.4, 0.5) is 0 Å². The molecule has 0 saturated heterocycles. The van der Waals surface area contributed by atoms with Crippen molar-refractivity contribution in [2.24, 2.45) is 5.92 Å². The van der Waals surface area contributed by atoms with Crippen LogP contribution in [0.1, 0.15) is 17.0 Å². The van der Waals surface area contributed by atoms with Crippen molar-refractivity contribution in [2.75, 3.05) is 0 Å². The number of hydrogen-bond acceptors (Lipinski definition) is 2. The van der Waals surface area contributed by atoms with Gasteiger partial charge in [0.2, 0.25) is 0 Å². The van der Waals surface area contributed by atoms with Crippen molar-refractivity contribution in [1.29, 1.82) is 10.5 Å². The summed E-state index contributed by atoms with van der Waals surface area (Å²) in [6.45, 7) is 0. The first kappa shape index (κ1) is 14.2. The Morgan fingerprint density at radius 1 is 0.955 bits per heavy atom. The highest BCUT2D eigenvalue weighted by atomic mass is 35.5. The van der Waals surface area contributed by atoms with Crippen LogP contribution >= 0.6 is 11.6 Å². The molecule has 3 rings (SSSR count). The second-order valence-electron chi connectivity index (χ2n) is 5.05. The van der Waals surface area contributed by atoms with Crippen molar-refractivity contribution in [3.63, 3.8) is 0 Å². The monoisotopic (exact) mass is 305 g/mol. The molecule has 0 aliphatic rings. The third-order valence-electron chi connectivity index (χ3n) is 3.80. The van der Waals surface area contributed by atoms with Crippen molar-refractivity contribution < 1.29 is 0 Å². The van der Waals surface area contributed by atoms with E-state index in [9.17, 15) is 10.5 Å². The third kappa shape index (κ3) is 2.44. The molecule has 2 aromatic carbocycles. The predicted octanol–water partition coefficient (Wildman–Crippen LogP) is 4.62. The topological polar surface area (TPSA) is 63.4 Å². The number of aromatic amines is 1. The Morgan fingerprint density at radius 2 is 1.64 bits per heavy atom. The molecule has 0 aliphatic carbocycles. The number of nitrogens with one attached hydrogen (secondary N) is 1. The second-order valence-corrected chi connectivity index (χ2v) is 5.49. The van der Waals surface area contributed by atoms with Crippen molar-refractivity contribution >= 4 is 22.5 Å². The third-order valence-corrected chi connectivity index (χ3v) is 4.05. The molecule has 0 amide bonds. The van der Waals surface area contributed by atoms with E-state index in [-0.39, 0.29) is 5.92 Å². The Balaban J connectivity index is 2.20. The number of H-pyrrole nitrogens is 1. The first-order valence-electron chi connectivity index (χ1n) is 6.85. The summed E-state index contributed by atoms with van der Waals surface area (Å²) >= 11 is 5.95. The van der Waals surface area contributed by atoms with E-state index in [1.54, 1.807) is 12.1 Å². The van der Waals surface area contributed by atoms with Gasteiger partial charge in [-0.3, -0.25) is 0 Å². The number of aromatic nitrogens is 1. The van der Waals surface area contributed by atoms with Gasteiger partial charge in [-0.15, -0.1) is 0 Å². The van der Waals surface area contributed by atoms with Gasteiger partial charge in [0.25, 0.3) is 0 Å². The van der Waals surface area contributed by atoms with Gasteiger partial charge in [0, 0.05) is 28.0 Å². The van der Waals surface area contributed by atoms with E-state index >= 15 is 0 Å². The van der Waals surface area contributed by atoms with Crippen molar-refractivity contribution in [3.8, 4) is 12.1 Å². The van der Waals surface area contributed by atoms with Crippen LogP contribution in [0.25, 0.3) is 10.9 Å². The normalized spacial score (nSPS) is 12.0. The second kappa shape index (κ2) is 5.93. The summed E-state index contributed by atoms with van der Waals surface area (Å²) < 4.78 is 0. The van der Waals surface area contributed by atoms with Gasteiger partial charge in [-0.05, 0) is 29.3 Å². The quantitative estimate of drug-likeness (QED) is 0.767. The molecule has 22 heavy (non-hydrogen) atoms. The van der Waals surface area contributed by atoms with Gasteiger partial charge in [-0.2, -0.15) is 10.5 Å². The first-order valence-corrected chi connectivity index (χ1v) is 7.23. The highest BCUT2D eigenvalue weighted by Gasteiger charge is 2.27. The van der Waals surface area contributed by atoms with Crippen LogP contribution in [0.15, 0.2) is 54.7 Å². The van der Waals surface area contributed by atoms with Crippen LogP contribution in [0.3, 0.4) is 0 Å². The molecule has 106 valence electrons. The Hall–Kier alpha value is -2.75. The Bertz CT molecular complexity index is 867. The molecule has 0 fully saturated rings. The largest absolute Gasteiger partial charge is 0.361 e. The number of nitrogens with zero attached hydrogens (tertiary/aromatic N) is 2. The van der Waals surface area contributed by atoms with Crippen molar-refractivity contribution in [3.05, 3.63) is 70.9 Å². The number of fused-ring (bicyclic) bond motifs is 1. The Labute approximate surface area is 133 Å². The number of rotatable bonds is 3. The van der Waals surface area contributed by atoms with Gasteiger partial charge in [0.1, 0.15) is 5.92 Å². The van der Waals surface area contributed by atoms with Crippen LogP contribution in [-0.2, 0) is 0 Å². The molecule has 0 spiro atoms. The number of nitriles is 2. The summed E-state index contributed by atoms with van der Waals surface area (Å²) in [5, 5.41) is 20.4. The molecule has 1 atom stereocenters. The van der Waals surface area contributed by atoms with E-state index in [1.807, 2.05) is 42.6 Å². The van der Waals surface area contributed by atoms with Gasteiger partial charge >= 0.3 is 0 Å². The molecule has 3 nitrogen and oxygen atoms in total. The lowest BCUT2D eigenvalue weighted by Crippen LogP contribution is -2.11. The zero-order valence-corrected chi connectivity index (χ0v) is 12.4. The first-order chi connectivity index (χ1) is 10.7. The lowest BCUT2D eigenvalue weighted by Gasteiger charge is -2.18. The van der Waals surface area contributed by atoms with Gasteiger partial charge in [-0.1, -0.05) is 41.9 Å². The highest BCUT2D eigenvalue weighted by molar-refractivity contribution is 6.30. The fourth-order valence-corrected chi connectivity index (χ4v) is 2.88. The molecule has 3 aromatic rings. The molecule has 0 bridgehead atoms. The maximum Gasteiger partial charge on any atom is 0.144 e. The van der Waals surface area contributed by atoms with Crippen LogP contribution in [0.5, 0.6) is 0 Å². The van der Waals surface area contributed by atoms with Gasteiger partial charge in [0.05, 0.1) is 12.1 Å². The SMILES string of the molecule is N#CC(C#N)C(c1ccc(Cl)cc1)c1c[nH]c2ccccc12. The van der Waals surface area contributed by atoms with Crippen LogP contribution in [0, 0.1) is 28.6 Å². The van der Waals surface area contributed by atoms with E-state index < -0.39 is 5.92 Å². The lowest BCUT2D eigenvalue weighted by atomic mass is 9.82. The molecule has 0 radical (unpaired) electrons. The fraction of sp³-hybridized carbons (Fsp3) is 0.111. The molecule has 0 saturated carbocycles.